The highest BCUT2D eigenvalue weighted by Crippen LogP contribution is 2.11. The lowest BCUT2D eigenvalue weighted by Crippen LogP contribution is -2.27. The Labute approximate surface area is 169 Å². The fourth-order valence-corrected chi connectivity index (χ4v) is 2.50. The number of rotatable bonds is 9. The van der Waals surface area contributed by atoms with Crippen LogP contribution in [0.3, 0.4) is 0 Å². The van der Waals surface area contributed by atoms with E-state index >= 15 is 0 Å². The first-order chi connectivity index (χ1) is 14.1. The van der Waals surface area contributed by atoms with E-state index in [0.29, 0.717) is 25.1 Å². The van der Waals surface area contributed by atoms with Crippen LogP contribution in [0.2, 0.25) is 0 Å². The first-order valence-corrected chi connectivity index (χ1v) is 8.99. The van der Waals surface area contributed by atoms with Crippen LogP contribution in [0, 0.1) is 11.3 Å². The third-order valence-electron chi connectivity index (χ3n) is 4.15. The normalized spacial score (nSPS) is 10.6. The molecule has 7 nitrogen and oxygen atoms in total. The first-order valence-electron chi connectivity index (χ1n) is 8.99. The Bertz CT molecular complexity index is 897. The lowest BCUT2D eigenvalue weighted by atomic mass is 10.1. The molecule has 2 aromatic carbocycles. The summed E-state index contributed by atoms with van der Waals surface area (Å²) < 4.78 is 9.76. The second-order valence-corrected chi connectivity index (χ2v) is 6.09. The van der Waals surface area contributed by atoms with Crippen LogP contribution in [0.4, 0.5) is 0 Å². The highest BCUT2D eigenvalue weighted by molar-refractivity contribution is 5.97. The Kier molecular flexibility index (Phi) is 8.27. The van der Waals surface area contributed by atoms with E-state index in [2.05, 4.69) is 15.4 Å². The average molecular weight is 393 g/mol. The van der Waals surface area contributed by atoms with E-state index in [1.807, 2.05) is 30.3 Å². The number of hydrogen-bond donors (Lipinski definition) is 2. The Morgan fingerprint density at radius 3 is 2.28 bits per heavy atom. The van der Waals surface area contributed by atoms with Gasteiger partial charge in [-0.25, -0.2) is 4.79 Å². The molecule has 0 aliphatic heterocycles. The lowest BCUT2D eigenvalue weighted by Gasteiger charge is -2.07. The molecule has 0 bridgehead atoms. The molecule has 150 valence electrons. The van der Waals surface area contributed by atoms with Gasteiger partial charge in [0.1, 0.15) is 17.4 Å². The average Bonchev–Trinajstić information content (AvgIpc) is 2.77. The predicted molar refractivity (Wildman–Crippen MR) is 108 cm³/mol. The number of hydrogen-bond acceptors (Lipinski definition) is 6. The summed E-state index contributed by atoms with van der Waals surface area (Å²) in [6.07, 6.45) is 2.03. The smallest absolute Gasteiger partial charge is 0.337 e. The molecule has 0 aliphatic rings. The van der Waals surface area contributed by atoms with Gasteiger partial charge >= 0.3 is 5.97 Å². The number of benzene rings is 2. The fourth-order valence-electron chi connectivity index (χ4n) is 2.50. The van der Waals surface area contributed by atoms with Crippen LogP contribution < -0.4 is 15.4 Å². The molecular weight excluding hydrogens is 370 g/mol. The van der Waals surface area contributed by atoms with Crippen molar-refractivity contribution in [3.63, 3.8) is 0 Å². The third-order valence-corrected chi connectivity index (χ3v) is 4.15. The summed E-state index contributed by atoms with van der Waals surface area (Å²) in [5.74, 6) is -0.0597. The molecule has 0 unspecified atom stereocenters. The standard InChI is InChI=1S/C22H23N3O4/c1-28-20-9-5-16(6-10-20)11-12-25-21(26)19(13-23)15-24-14-17-3-7-18(8-4-17)22(27)29-2/h3-10,15,24H,11-12,14H2,1-2H3,(H,25,26)/b19-15-. The Morgan fingerprint density at radius 2 is 1.69 bits per heavy atom. The number of esters is 1. The maximum absolute atomic E-state index is 12.1. The van der Waals surface area contributed by atoms with E-state index in [0.717, 1.165) is 16.9 Å². The van der Waals surface area contributed by atoms with Gasteiger partial charge in [0, 0.05) is 19.3 Å². The van der Waals surface area contributed by atoms with Crippen LogP contribution in [-0.4, -0.2) is 32.6 Å². The molecular formula is C22H23N3O4. The van der Waals surface area contributed by atoms with Crippen LogP contribution in [0.5, 0.6) is 5.75 Å². The molecule has 0 aliphatic carbocycles. The van der Waals surface area contributed by atoms with Gasteiger partial charge < -0.3 is 20.1 Å². The number of nitrogens with zero attached hydrogens (tertiary/aromatic N) is 1. The van der Waals surface area contributed by atoms with Crippen molar-refractivity contribution in [3.05, 3.63) is 77.0 Å². The molecule has 1 amide bonds. The summed E-state index contributed by atoms with van der Waals surface area (Å²) in [5, 5.41) is 14.9. The molecule has 0 aromatic heterocycles. The number of carbonyl (C=O) groups excluding carboxylic acids is 2. The Morgan fingerprint density at radius 1 is 1.03 bits per heavy atom. The topological polar surface area (TPSA) is 100 Å². The molecule has 2 aromatic rings. The lowest BCUT2D eigenvalue weighted by molar-refractivity contribution is -0.117. The molecule has 2 N–H and O–H groups in total. The van der Waals surface area contributed by atoms with Crippen molar-refractivity contribution in [2.75, 3.05) is 20.8 Å². The van der Waals surface area contributed by atoms with Crippen LogP contribution in [-0.2, 0) is 22.5 Å². The zero-order valence-electron chi connectivity index (χ0n) is 16.4. The van der Waals surface area contributed by atoms with E-state index in [-0.39, 0.29) is 5.57 Å². The van der Waals surface area contributed by atoms with E-state index in [4.69, 9.17) is 4.74 Å². The van der Waals surface area contributed by atoms with Gasteiger partial charge in [0.15, 0.2) is 0 Å². The van der Waals surface area contributed by atoms with Crippen molar-refractivity contribution in [3.8, 4) is 11.8 Å². The summed E-state index contributed by atoms with van der Waals surface area (Å²) in [6, 6.07) is 16.3. The van der Waals surface area contributed by atoms with Gasteiger partial charge in [-0.3, -0.25) is 4.79 Å². The van der Waals surface area contributed by atoms with Gasteiger partial charge in [0.25, 0.3) is 5.91 Å². The molecule has 0 atom stereocenters. The van der Waals surface area contributed by atoms with Crippen LogP contribution >= 0.6 is 0 Å². The summed E-state index contributed by atoms with van der Waals surface area (Å²) >= 11 is 0. The number of amides is 1. The van der Waals surface area contributed by atoms with Crippen LogP contribution in [0.25, 0.3) is 0 Å². The molecule has 0 saturated carbocycles. The minimum atomic E-state index is -0.436. The van der Waals surface area contributed by atoms with Gasteiger partial charge in [-0.05, 0) is 41.8 Å². The Hall–Kier alpha value is -3.79. The fraction of sp³-hybridized carbons (Fsp3) is 0.227. The van der Waals surface area contributed by atoms with Crippen molar-refractivity contribution in [2.45, 2.75) is 13.0 Å². The number of nitriles is 1. The zero-order valence-corrected chi connectivity index (χ0v) is 16.4. The monoisotopic (exact) mass is 393 g/mol. The maximum Gasteiger partial charge on any atom is 0.337 e. The molecule has 0 saturated heterocycles. The van der Waals surface area contributed by atoms with E-state index in [9.17, 15) is 14.9 Å². The molecule has 29 heavy (non-hydrogen) atoms. The van der Waals surface area contributed by atoms with Gasteiger partial charge in [-0.1, -0.05) is 24.3 Å². The SMILES string of the molecule is COC(=O)c1ccc(CN/C=C(/C#N)C(=O)NCCc2ccc(OC)cc2)cc1. The third kappa shape index (κ3) is 6.70. The zero-order chi connectivity index (χ0) is 21.1. The minimum absolute atomic E-state index is 0.00841. The molecule has 0 fully saturated rings. The molecule has 0 heterocycles. The summed E-state index contributed by atoms with van der Waals surface area (Å²) in [7, 11) is 2.93. The van der Waals surface area contributed by atoms with E-state index < -0.39 is 11.9 Å². The minimum Gasteiger partial charge on any atom is -0.497 e. The molecule has 2 rings (SSSR count). The van der Waals surface area contributed by atoms with Crippen LogP contribution in [0.1, 0.15) is 21.5 Å². The van der Waals surface area contributed by atoms with Crippen molar-refractivity contribution < 1.29 is 19.1 Å². The highest BCUT2D eigenvalue weighted by Gasteiger charge is 2.08. The molecule has 0 radical (unpaired) electrons. The summed E-state index contributed by atoms with van der Waals surface area (Å²) in [5.41, 5.74) is 2.40. The second kappa shape index (κ2) is 11.1. The summed E-state index contributed by atoms with van der Waals surface area (Å²) in [6.45, 7) is 0.824. The highest BCUT2D eigenvalue weighted by atomic mass is 16.5. The van der Waals surface area contributed by atoms with E-state index in [1.165, 1.54) is 13.3 Å². The first kappa shape index (κ1) is 21.5. The van der Waals surface area contributed by atoms with Crippen LogP contribution in [0.15, 0.2) is 60.3 Å². The van der Waals surface area contributed by atoms with Gasteiger partial charge in [0.05, 0.1) is 19.8 Å². The van der Waals surface area contributed by atoms with Crippen molar-refractivity contribution in [1.82, 2.24) is 10.6 Å². The van der Waals surface area contributed by atoms with Gasteiger partial charge in [-0.15, -0.1) is 0 Å². The molecule has 0 spiro atoms. The number of ether oxygens (including phenoxy) is 2. The largest absolute Gasteiger partial charge is 0.497 e. The Balaban J connectivity index is 1.81. The quantitative estimate of drug-likeness (QED) is 0.385. The van der Waals surface area contributed by atoms with Crippen molar-refractivity contribution in [2.24, 2.45) is 0 Å². The van der Waals surface area contributed by atoms with Gasteiger partial charge in [-0.2, -0.15) is 5.26 Å². The van der Waals surface area contributed by atoms with Crippen molar-refractivity contribution >= 4 is 11.9 Å². The van der Waals surface area contributed by atoms with Gasteiger partial charge in [0.2, 0.25) is 0 Å². The predicted octanol–water partition coefficient (Wildman–Crippen LogP) is 2.34. The molecule has 7 heteroatoms. The van der Waals surface area contributed by atoms with E-state index in [1.54, 1.807) is 31.4 Å². The van der Waals surface area contributed by atoms with Crippen molar-refractivity contribution in [1.29, 1.82) is 5.26 Å². The number of carbonyl (C=O) groups is 2. The maximum atomic E-state index is 12.1. The number of nitrogens with one attached hydrogen (secondary N) is 2. The summed E-state index contributed by atoms with van der Waals surface area (Å²) in [4.78, 5) is 23.6. The second-order valence-electron chi connectivity index (χ2n) is 6.09. The number of methoxy groups -OCH3 is 2.